The Morgan fingerprint density at radius 3 is 1.80 bits per heavy atom. The number of furan rings is 1. The van der Waals surface area contributed by atoms with Gasteiger partial charge in [0.15, 0.2) is 5.82 Å². The van der Waals surface area contributed by atoms with E-state index in [0.29, 0.717) is 5.71 Å². The summed E-state index contributed by atoms with van der Waals surface area (Å²) < 4.78 is 11.7. The second-order valence-electron chi connectivity index (χ2n) is 14.0. The van der Waals surface area contributed by atoms with Crippen molar-refractivity contribution < 1.29 is 4.42 Å². The smallest absolute Gasteiger partial charge is 0.247 e. The fourth-order valence-corrected chi connectivity index (χ4v) is 10.0. The largest absolute Gasteiger partial charge is 0.436 e. The van der Waals surface area contributed by atoms with E-state index in [0.717, 1.165) is 56.1 Å². The van der Waals surface area contributed by atoms with Gasteiger partial charge in [0.1, 0.15) is 17.0 Å². The van der Waals surface area contributed by atoms with E-state index in [1.54, 1.807) is 0 Å². The van der Waals surface area contributed by atoms with Crippen LogP contribution in [0.2, 0.25) is 0 Å². The average Bonchev–Trinajstić information content (AvgIpc) is 3.94. The lowest BCUT2D eigenvalue weighted by Crippen LogP contribution is -2.03. The lowest BCUT2D eigenvalue weighted by molar-refractivity contribution is 0.618. The van der Waals surface area contributed by atoms with Crippen LogP contribution in [0.15, 0.2) is 180 Å². The molecule has 0 radical (unpaired) electrons. The SMILES string of the molecule is c1ccc(-c2nc3oc(-c4ccccc4)c(-c4ccccc4)c3nc2-n2c3ccccc3c3c4ccccc4c4c5ccc6ccccc6c5sc4c32)cc1. The topological polar surface area (TPSA) is 43.9 Å². The van der Waals surface area contributed by atoms with Gasteiger partial charge in [0, 0.05) is 37.4 Å². The number of aromatic nitrogens is 3. The van der Waals surface area contributed by atoms with Crippen molar-refractivity contribution in [1.29, 1.82) is 0 Å². The number of benzene rings is 8. The van der Waals surface area contributed by atoms with Gasteiger partial charge in [0.05, 0.1) is 21.3 Å². The van der Waals surface area contributed by atoms with Crippen LogP contribution in [0.25, 0.3) is 114 Å². The molecule has 8 aromatic carbocycles. The van der Waals surface area contributed by atoms with Crippen LogP contribution < -0.4 is 0 Å². The number of para-hydroxylation sites is 1. The molecule has 0 N–H and O–H groups in total. The molecule has 256 valence electrons. The Balaban J connectivity index is 1.31. The van der Waals surface area contributed by atoms with Crippen molar-refractivity contribution in [3.63, 3.8) is 0 Å². The fraction of sp³-hybridized carbons (Fsp3) is 0. The van der Waals surface area contributed by atoms with Crippen molar-refractivity contribution in [3.05, 3.63) is 176 Å². The predicted molar refractivity (Wildman–Crippen MR) is 230 cm³/mol. The molecule has 4 heterocycles. The van der Waals surface area contributed by atoms with Crippen LogP contribution in [0.5, 0.6) is 0 Å². The number of nitrogens with zero attached hydrogens (tertiary/aromatic N) is 3. The number of hydrogen-bond acceptors (Lipinski definition) is 4. The predicted octanol–water partition coefficient (Wildman–Crippen LogP) is 14.0. The highest BCUT2D eigenvalue weighted by Gasteiger charge is 2.28. The van der Waals surface area contributed by atoms with Crippen LogP contribution in [-0.4, -0.2) is 14.5 Å². The van der Waals surface area contributed by atoms with E-state index in [1.165, 1.54) is 52.5 Å². The van der Waals surface area contributed by atoms with Crippen molar-refractivity contribution in [2.24, 2.45) is 0 Å². The lowest BCUT2D eigenvalue weighted by Gasteiger charge is -2.13. The Morgan fingerprint density at radius 1 is 0.455 bits per heavy atom. The monoisotopic (exact) mass is 719 g/mol. The highest BCUT2D eigenvalue weighted by molar-refractivity contribution is 7.27. The molecule has 0 aliphatic carbocycles. The minimum Gasteiger partial charge on any atom is -0.436 e. The summed E-state index contributed by atoms with van der Waals surface area (Å²) in [5, 5.41) is 9.94. The quantitative estimate of drug-likeness (QED) is 0.182. The minimum atomic E-state index is 0.505. The molecular weight excluding hydrogens is 691 g/mol. The molecule has 0 fully saturated rings. The number of thiophene rings is 1. The average molecular weight is 720 g/mol. The van der Waals surface area contributed by atoms with E-state index in [-0.39, 0.29) is 0 Å². The molecule has 4 aromatic heterocycles. The Labute approximate surface area is 319 Å². The van der Waals surface area contributed by atoms with Gasteiger partial charge in [-0.2, -0.15) is 0 Å². The Bertz CT molecular complexity index is 3470. The summed E-state index contributed by atoms with van der Waals surface area (Å²) in [7, 11) is 0. The summed E-state index contributed by atoms with van der Waals surface area (Å²) in [5.74, 6) is 1.52. The molecular formula is C50H29N3OS. The van der Waals surface area contributed by atoms with E-state index in [9.17, 15) is 0 Å². The Morgan fingerprint density at radius 2 is 1.05 bits per heavy atom. The summed E-state index contributed by atoms with van der Waals surface area (Å²) >= 11 is 1.88. The molecule has 0 aliphatic heterocycles. The first-order chi connectivity index (χ1) is 27.3. The van der Waals surface area contributed by atoms with Gasteiger partial charge in [-0.15, -0.1) is 11.3 Å². The molecule has 0 spiro atoms. The first-order valence-electron chi connectivity index (χ1n) is 18.5. The summed E-state index contributed by atoms with van der Waals surface area (Å²) in [6, 6.07) is 62.1. The summed E-state index contributed by atoms with van der Waals surface area (Å²) in [4.78, 5) is 11.1. The molecule has 12 rings (SSSR count). The fourth-order valence-electron chi connectivity index (χ4n) is 8.64. The van der Waals surface area contributed by atoms with Gasteiger partial charge < -0.3 is 4.42 Å². The molecule has 55 heavy (non-hydrogen) atoms. The number of rotatable bonds is 4. The van der Waals surface area contributed by atoms with E-state index in [4.69, 9.17) is 14.4 Å². The second kappa shape index (κ2) is 11.7. The van der Waals surface area contributed by atoms with Crippen LogP contribution in [-0.2, 0) is 0 Å². The normalized spacial score (nSPS) is 12.0. The van der Waals surface area contributed by atoms with Gasteiger partial charge in [-0.05, 0) is 33.2 Å². The maximum absolute atomic E-state index is 6.78. The van der Waals surface area contributed by atoms with Gasteiger partial charge in [-0.25, -0.2) is 9.97 Å². The third kappa shape index (κ3) is 4.39. The number of fused-ring (bicyclic) bond motifs is 13. The Hall–Kier alpha value is -7.08. The van der Waals surface area contributed by atoms with Crippen LogP contribution in [0, 0.1) is 0 Å². The zero-order valence-electron chi connectivity index (χ0n) is 29.4. The summed E-state index contributed by atoms with van der Waals surface area (Å²) in [6.45, 7) is 0. The molecule has 0 amide bonds. The van der Waals surface area contributed by atoms with Crippen molar-refractivity contribution in [3.8, 4) is 39.5 Å². The van der Waals surface area contributed by atoms with Gasteiger partial charge in [-0.3, -0.25) is 4.57 Å². The van der Waals surface area contributed by atoms with E-state index >= 15 is 0 Å². The lowest BCUT2D eigenvalue weighted by atomic mass is 9.98. The minimum absolute atomic E-state index is 0.505. The van der Waals surface area contributed by atoms with Crippen molar-refractivity contribution in [1.82, 2.24) is 14.5 Å². The molecule has 12 aromatic rings. The van der Waals surface area contributed by atoms with E-state index in [2.05, 4.69) is 150 Å². The highest BCUT2D eigenvalue weighted by Crippen LogP contribution is 2.50. The first-order valence-corrected chi connectivity index (χ1v) is 19.3. The van der Waals surface area contributed by atoms with Crippen molar-refractivity contribution in [2.75, 3.05) is 0 Å². The molecule has 5 heteroatoms. The molecule has 0 saturated carbocycles. The highest BCUT2D eigenvalue weighted by atomic mass is 32.1. The zero-order chi connectivity index (χ0) is 36.0. The third-order valence-electron chi connectivity index (χ3n) is 11.0. The standard InChI is InChI=1S/C50H29N3OS/c1-4-17-31(18-5-1)40-44-50(54-46(40)33-21-8-3-9-22-33)52-43(32-19-6-2-7-20-32)49(51-44)53-39-27-15-14-26-37(39)41-35-24-12-13-25-36(35)42-38-29-28-30-16-10-11-23-34(30)47(38)55-48(42)45(41)53/h1-29H. The Kier molecular flexibility index (Phi) is 6.47. The molecule has 0 unspecified atom stereocenters. The van der Waals surface area contributed by atoms with Crippen LogP contribution in [0.3, 0.4) is 0 Å². The first kappa shape index (κ1) is 30.4. The van der Waals surface area contributed by atoms with Crippen molar-refractivity contribution >= 4 is 86.1 Å². The van der Waals surface area contributed by atoms with Crippen LogP contribution >= 0.6 is 11.3 Å². The maximum Gasteiger partial charge on any atom is 0.247 e. The van der Waals surface area contributed by atoms with Crippen LogP contribution in [0.1, 0.15) is 0 Å². The van der Waals surface area contributed by atoms with E-state index < -0.39 is 0 Å². The van der Waals surface area contributed by atoms with Gasteiger partial charge in [0.25, 0.3) is 0 Å². The molecule has 0 aliphatic rings. The maximum atomic E-state index is 6.78. The van der Waals surface area contributed by atoms with Crippen molar-refractivity contribution in [2.45, 2.75) is 0 Å². The molecule has 0 bridgehead atoms. The zero-order valence-corrected chi connectivity index (χ0v) is 30.2. The third-order valence-corrected chi connectivity index (χ3v) is 12.2. The molecule has 0 saturated heterocycles. The summed E-state index contributed by atoms with van der Waals surface area (Å²) in [5.41, 5.74) is 8.12. The van der Waals surface area contributed by atoms with Gasteiger partial charge in [-0.1, -0.05) is 170 Å². The van der Waals surface area contributed by atoms with Crippen LogP contribution in [0.4, 0.5) is 0 Å². The van der Waals surface area contributed by atoms with Gasteiger partial charge >= 0.3 is 0 Å². The molecule has 4 nitrogen and oxygen atoms in total. The second-order valence-corrected chi connectivity index (χ2v) is 15.1. The number of hydrogen-bond donors (Lipinski definition) is 0. The molecule has 0 atom stereocenters. The van der Waals surface area contributed by atoms with E-state index in [1.807, 2.05) is 41.7 Å². The van der Waals surface area contributed by atoms with Gasteiger partial charge in [0.2, 0.25) is 5.71 Å². The summed E-state index contributed by atoms with van der Waals surface area (Å²) in [6.07, 6.45) is 0.